The first kappa shape index (κ1) is 9.42. The Morgan fingerprint density at radius 1 is 1.06 bits per heavy atom. The molecule has 0 fully saturated rings. The molecule has 4 heteroatoms. The lowest BCUT2D eigenvalue weighted by Crippen LogP contribution is -1.81. The number of fused-ring (bicyclic) bond motifs is 1. The maximum Gasteiger partial charge on any atom is 0.143 e. The summed E-state index contributed by atoms with van der Waals surface area (Å²) in [6.45, 7) is 0. The molecule has 16 heavy (non-hydrogen) atoms. The predicted octanol–water partition coefficient (Wildman–Crippen LogP) is 3.50. The fourth-order valence-corrected chi connectivity index (χ4v) is 2.45. The van der Waals surface area contributed by atoms with Gasteiger partial charge < -0.3 is 0 Å². The molecule has 3 rings (SSSR count). The summed E-state index contributed by atoms with van der Waals surface area (Å²) in [6, 6.07) is 10.3. The van der Waals surface area contributed by atoms with E-state index < -0.39 is 0 Å². The van der Waals surface area contributed by atoms with Crippen molar-refractivity contribution in [2.45, 2.75) is 0 Å². The van der Waals surface area contributed by atoms with E-state index in [-0.39, 0.29) is 5.82 Å². The highest BCUT2D eigenvalue weighted by atomic mass is 32.1. The third-order valence-electron chi connectivity index (χ3n) is 2.27. The summed E-state index contributed by atoms with van der Waals surface area (Å²) in [6.07, 6.45) is 1.71. The van der Waals surface area contributed by atoms with Gasteiger partial charge in [0.05, 0.1) is 0 Å². The van der Waals surface area contributed by atoms with Gasteiger partial charge in [-0.3, -0.25) is 0 Å². The molecule has 0 saturated carbocycles. The predicted molar refractivity (Wildman–Crippen MR) is 62.8 cm³/mol. The maximum absolute atomic E-state index is 13.6. The van der Waals surface area contributed by atoms with Gasteiger partial charge in [-0.2, -0.15) is 0 Å². The molecule has 0 spiro atoms. The van der Waals surface area contributed by atoms with Crippen LogP contribution in [0.2, 0.25) is 0 Å². The average molecular weight is 230 g/mol. The van der Waals surface area contributed by atoms with Crippen molar-refractivity contribution in [1.29, 1.82) is 0 Å². The molecule has 2 aromatic heterocycles. The van der Waals surface area contributed by atoms with E-state index in [0.717, 1.165) is 10.3 Å². The van der Waals surface area contributed by atoms with Crippen LogP contribution in [-0.4, -0.2) is 9.97 Å². The lowest BCUT2D eigenvalue weighted by atomic mass is 10.2. The molecule has 2 heterocycles. The minimum atomic E-state index is -0.249. The first-order chi connectivity index (χ1) is 7.84. The van der Waals surface area contributed by atoms with Crippen molar-refractivity contribution >= 4 is 21.7 Å². The lowest BCUT2D eigenvalue weighted by Gasteiger charge is -1.96. The van der Waals surface area contributed by atoms with E-state index in [1.54, 1.807) is 24.4 Å². The SMILES string of the molecule is Fc1ccccc1-c1nc2cccnc2s1. The number of benzene rings is 1. The molecular formula is C12H7FN2S. The van der Waals surface area contributed by atoms with Gasteiger partial charge in [-0.25, -0.2) is 14.4 Å². The summed E-state index contributed by atoms with van der Waals surface area (Å²) in [4.78, 5) is 9.38. The van der Waals surface area contributed by atoms with Crippen molar-refractivity contribution in [3.05, 3.63) is 48.4 Å². The highest BCUT2D eigenvalue weighted by molar-refractivity contribution is 7.21. The van der Waals surface area contributed by atoms with Gasteiger partial charge in [0, 0.05) is 11.8 Å². The maximum atomic E-state index is 13.6. The second kappa shape index (κ2) is 3.64. The molecule has 0 saturated heterocycles. The molecule has 0 aliphatic heterocycles. The van der Waals surface area contributed by atoms with Crippen molar-refractivity contribution in [2.75, 3.05) is 0 Å². The topological polar surface area (TPSA) is 25.8 Å². The number of halogens is 1. The van der Waals surface area contributed by atoms with Gasteiger partial charge in [0.15, 0.2) is 0 Å². The highest BCUT2D eigenvalue weighted by Gasteiger charge is 2.09. The fraction of sp³-hybridized carbons (Fsp3) is 0. The van der Waals surface area contributed by atoms with Crippen molar-refractivity contribution in [2.24, 2.45) is 0 Å². The second-order valence-corrected chi connectivity index (χ2v) is 4.30. The van der Waals surface area contributed by atoms with Gasteiger partial charge in [0.2, 0.25) is 0 Å². The van der Waals surface area contributed by atoms with Crippen LogP contribution >= 0.6 is 11.3 Å². The van der Waals surface area contributed by atoms with Crippen LogP contribution in [0.4, 0.5) is 4.39 Å². The summed E-state index contributed by atoms with van der Waals surface area (Å²) >= 11 is 1.40. The molecule has 0 aliphatic rings. The van der Waals surface area contributed by atoms with Gasteiger partial charge >= 0.3 is 0 Å². The average Bonchev–Trinajstić information content (AvgIpc) is 2.73. The Morgan fingerprint density at radius 2 is 1.94 bits per heavy atom. The Balaban J connectivity index is 2.23. The monoisotopic (exact) mass is 230 g/mol. The van der Waals surface area contributed by atoms with Crippen LogP contribution in [0.5, 0.6) is 0 Å². The number of pyridine rings is 1. The number of nitrogens with zero attached hydrogens (tertiary/aromatic N) is 2. The van der Waals surface area contributed by atoms with E-state index in [2.05, 4.69) is 9.97 Å². The molecule has 0 unspecified atom stereocenters. The molecule has 78 valence electrons. The quantitative estimate of drug-likeness (QED) is 0.639. The van der Waals surface area contributed by atoms with E-state index in [9.17, 15) is 4.39 Å². The fourth-order valence-electron chi connectivity index (χ4n) is 1.52. The molecule has 0 aliphatic carbocycles. The summed E-state index contributed by atoms with van der Waals surface area (Å²) in [5.74, 6) is -0.249. The largest absolute Gasteiger partial charge is 0.244 e. The zero-order valence-corrected chi connectivity index (χ0v) is 9.04. The van der Waals surface area contributed by atoms with E-state index in [1.165, 1.54) is 17.4 Å². The number of thiazole rings is 1. The molecular weight excluding hydrogens is 223 g/mol. The Hall–Kier alpha value is -1.81. The zero-order valence-electron chi connectivity index (χ0n) is 8.22. The van der Waals surface area contributed by atoms with E-state index >= 15 is 0 Å². The third kappa shape index (κ3) is 1.47. The molecule has 0 radical (unpaired) electrons. The van der Waals surface area contributed by atoms with Crippen LogP contribution < -0.4 is 0 Å². The molecule has 3 aromatic rings. The standard InChI is InChI=1S/C12H7FN2S/c13-9-5-2-1-4-8(9)11-15-10-6-3-7-14-12(10)16-11/h1-7H. The van der Waals surface area contributed by atoms with Crippen LogP contribution in [0, 0.1) is 5.82 Å². The number of rotatable bonds is 1. The molecule has 1 aromatic carbocycles. The Bertz CT molecular complexity index is 615. The minimum Gasteiger partial charge on any atom is -0.244 e. The Kier molecular flexibility index (Phi) is 2.15. The van der Waals surface area contributed by atoms with Gasteiger partial charge in [0.25, 0.3) is 0 Å². The van der Waals surface area contributed by atoms with Crippen molar-refractivity contribution in [1.82, 2.24) is 9.97 Å². The molecule has 0 N–H and O–H groups in total. The zero-order chi connectivity index (χ0) is 11.0. The van der Waals surface area contributed by atoms with E-state index in [4.69, 9.17) is 0 Å². The smallest absolute Gasteiger partial charge is 0.143 e. The van der Waals surface area contributed by atoms with E-state index in [0.29, 0.717) is 10.6 Å². The van der Waals surface area contributed by atoms with Gasteiger partial charge in [-0.15, -0.1) is 0 Å². The summed E-state index contributed by atoms with van der Waals surface area (Å²) in [5.41, 5.74) is 1.34. The normalized spacial score (nSPS) is 10.8. The van der Waals surface area contributed by atoms with Gasteiger partial charge in [0.1, 0.15) is 21.2 Å². The third-order valence-corrected chi connectivity index (χ3v) is 3.28. The molecule has 0 bridgehead atoms. The first-order valence-electron chi connectivity index (χ1n) is 4.81. The van der Waals surface area contributed by atoms with Crippen molar-refractivity contribution in [3.63, 3.8) is 0 Å². The van der Waals surface area contributed by atoms with Crippen LogP contribution in [0.3, 0.4) is 0 Å². The molecule has 2 nitrogen and oxygen atoms in total. The molecule has 0 atom stereocenters. The van der Waals surface area contributed by atoms with Crippen molar-refractivity contribution in [3.8, 4) is 10.6 Å². The van der Waals surface area contributed by atoms with Gasteiger partial charge in [-0.05, 0) is 24.3 Å². The minimum absolute atomic E-state index is 0.249. The summed E-state index contributed by atoms with van der Waals surface area (Å²) < 4.78 is 13.6. The van der Waals surface area contributed by atoms with Crippen LogP contribution in [0.25, 0.3) is 20.9 Å². The molecule has 0 amide bonds. The first-order valence-corrected chi connectivity index (χ1v) is 5.63. The number of aromatic nitrogens is 2. The van der Waals surface area contributed by atoms with Crippen molar-refractivity contribution < 1.29 is 4.39 Å². The van der Waals surface area contributed by atoms with Crippen LogP contribution in [-0.2, 0) is 0 Å². The number of hydrogen-bond donors (Lipinski definition) is 0. The highest BCUT2D eigenvalue weighted by Crippen LogP contribution is 2.29. The van der Waals surface area contributed by atoms with Crippen LogP contribution in [0.1, 0.15) is 0 Å². The van der Waals surface area contributed by atoms with E-state index in [1.807, 2.05) is 12.1 Å². The second-order valence-electron chi connectivity index (χ2n) is 3.33. The summed E-state index contributed by atoms with van der Waals surface area (Å²) in [5, 5.41) is 0.673. The number of hydrogen-bond acceptors (Lipinski definition) is 3. The van der Waals surface area contributed by atoms with Gasteiger partial charge in [-0.1, -0.05) is 23.5 Å². The van der Waals surface area contributed by atoms with Crippen LogP contribution in [0.15, 0.2) is 42.6 Å². The summed E-state index contributed by atoms with van der Waals surface area (Å²) in [7, 11) is 0. The lowest BCUT2D eigenvalue weighted by molar-refractivity contribution is 0.631. The Labute approximate surface area is 95.4 Å². The Morgan fingerprint density at radius 3 is 2.75 bits per heavy atom.